The molecule has 3 saturated carbocycles. The van der Waals surface area contributed by atoms with Crippen molar-refractivity contribution < 1.29 is 8.78 Å². The molecule has 0 atom stereocenters. The van der Waals surface area contributed by atoms with Gasteiger partial charge in [-0.15, -0.1) is 0 Å². The molecule has 0 N–H and O–H groups in total. The van der Waals surface area contributed by atoms with Crippen molar-refractivity contribution in [1.82, 2.24) is 0 Å². The summed E-state index contributed by atoms with van der Waals surface area (Å²) in [6.45, 7) is 2.07. The molecule has 3 heteroatoms. The molecule has 0 aromatic heterocycles. The Morgan fingerprint density at radius 3 is 2.28 bits per heavy atom. The van der Waals surface area contributed by atoms with Gasteiger partial charge in [-0.3, -0.25) is 0 Å². The molecule has 2 bridgehead atoms. The topological polar surface area (TPSA) is 0 Å². The van der Waals surface area contributed by atoms with Crippen LogP contribution < -0.4 is 0 Å². The van der Waals surface area contributed by atoms with Crippen molar-refractivity contribution >= 4 is 22.6 Å². The zero-order chi connectivity index (χ0) is 13.0. The molecule has 3 aliphatic carbocycles. The van der Waals surface area contributed by atoms with Crippen LogP contribution in [0.15, 0.2) is 24.3 Å². The average Bonchev–Trinajstić information content (AvgIpc) is 2.30. The zero-order valence-electron chi connectivity index (χ0n) is 10.5. The van der Waals surface area contributed by atoms with Crippen LogP contribution in [0.1, 0.15) is 44.6 Å². The van der Waals surface area contributed by atoms with E-state index < -0.39 is 16.8 Å². The van der Waals surface area contributed by atoms with Gasteiger partial charge in [0, 0.05) is 8.99 Å². The SMILES string of the molecule is CCCCC12CC(c3ccc(I)cc3)(C1)C2(F)F. The number of hydrogen-bond acceptors (Lipinski definition) is 0. The molecule has 1 aromatic rings. The van der Waals surface area contributed by atoms with Crippen molar-refractivity contribution in [1.29, 1.82) is 0 Å². The van der Waals surface area contributed by atoms with Gasteiger partial charge in [-0.25, -0.2) is 8.78 Å². The van der Waals surface area contributed by atoms with Crippen LogP contribution in [-0.2, 0) is 5.41 Å². The number of rotatable bonds is 4. The maximum atomic E-state index is 14.4. The first-order valence-electron chi connectivity index (χ1n) is 6.61. The second kappa shape index (κ2) is 3.90. The predicted molar refractivity (Wildman–Crippen MR) is 77.0 cm³/mol. The normalized spacial score (nSPS) is 35.8. The van der Waals surface area contributed by atoms with Crippen LogP contribution in [0, 0.1) is 8.99 Å². The minimum absolute atomic E-state index is 0.661. The molecule has 0 saturated heterocycles. The highest BCUT2D eigenvalue weighted by atomic mass is 127. The summed E-state index contributed by atoms with van der Waals surface area (Å²) in [5, 5.41) is 0. The summed E-state index contributed by atoms with van der Waals surface area (Å²) in [5.74, 6) is -2.48. The standard InChI is InChI=1S/C15H17F2I/c1-2-3-8-13-9-14(10-13,15(13,16)17)11-4-6-12(18)7-5-11/h4-7H,2-3,8-10H2,1H3. The molecular formula is C15H17F2I. The van der Waals surface area contributed by atoms with Gasteiger partial charge >= 0.3 is 0 Å². The number of halogens is 3. The molecular weight excluding hydrogens is 345 g/mol. The van der Waals surface area contributed by atoms with E-state index in [1.165, 1.54) is 0 Å². The Labute approximate surface area is 120 Å². The van der Waals surface area contributed by atoms with Crippen LogP contribution in [0.2, 0.25) is 0 Å². The van der Waals surface area contributed by atoms with E-state index in [-0.39, 0.29) is 0 Å². The van der Waals surface area contributed by atoms with Crippen molar-refractivity contribution in [3.05, 3.63) is 33.4 Å². The Balaban J connectivity index is 1.83. The lowest BCUT2D eigenvalue weighted by molar-refractivity contribution is -0.373. The van der Waals surface area contributed by atoms with Gasteiger partial charge in [-0.05, 0) is 59.5 Å². The third-order valence-electron chi connectivity index (χ3n) is 4.95. The van der Waals surface area contributed by atoms with Crippen LogP contribution in [0.4, 0.5) is 8.78 Å². The third kappa shape index (κ3) is 1.34. The molecule has 18 heavy (non-hydrogen) atoms. The van der Waals surface area contributed by atoms with Crippen molar-refractivity contribution in [2.24, 2.45) is 5.41 Å². The summed E-state index contributed by atoms with van der Waals surface area (Å²) in [4.78, 5) is 0. The fourth-order valence-electron chi connectivity index (χ4n) is 3.85. The molecule has 3 fully saturated rings. The minimum atomic E-state index is -2.48. The number of unbranched alkanes of at least 4 members (excludes halogenated alkanes) is 1. The van der Waals surface area contributed by atoms with Crippen molar-refractivity contribution in [2.45, 2.75) is 50.4 Å². The van der Waals surface area contributed by atoms with Crippen molar-refractivity contribution in [3.8, 4) is 0 Å². The van der Waals surface area contributed by atoms with E-state index in [4.69, 9.17) is 0 Å². The first-order valence-corrected chi connectivity index (χ1v) is 7.69. The van der Waals surface area contributed by atoms with Crippen molar-refractivity contribution in [3.63, 3.8) is 0 Å². The van der Waals surface area contributed by atoms with Crippen LogP contribution in [0.5, 0.6) is 0 Å². The highest BCUT2D eigenvalue weighted by Crippen LogP contribution is 2.83. The van der Waals surface area contributed by atoms with Gasteiger partial charge in [-0.1, -0.05) is 31.9 Å². The maximum Gasteiger partial charge on any atom is 0.263 e. The van der Waals surface area contributed by atoms with Gasteiger partial charge in [0.2, 0.25) is 0 Å². The van der Waals surface area contributed by atoms with E-state index in [1.807, 2.05) is 24.3 Å². The van der Waals surface area contributed by atoms with E-state index in [0.717, 1.165) is 22.0 Å². The Hall–Kier alpha value is -0.190. The summed E-state index contributed by atoms with van der Waals surface area (Å²) in [5.41, 5.74) is -0.650. The Morgan fingerprint density at radius 2 is 1.78 bits per heavy atom. The fraction of sp³-hybridized carbons (Fsp3) is 0.600. The summed E-state index contributed by atoms with van der Waals surface area (Å²) < 4.78 is 29.9. The van der Waals surface area contributed by atoms with Crippen LogP contribution in [0.25, 0.3) is 0 Å². The summed E-state index contributed by atoms with van der Waals surface area (Å²) >= 11 is 2.21. The Kier molecular flexibility index (Phi) is 2.78. The largest absolute Gasteiger partial charge is 0.263 e. The Bertz CT molecular complexity index is 458. The molecule has 1 aromatic carbocycles. The predicted octanol–water partition coefficient (Wildman–Crippen LogP) is 5.15. The van der Waals surface area contributed by atoms with E-state index in [9.17, 15) is 8.78 Å². The van der Waals surface area contributed by atoms with E-state index >= 15 is 0 Å². The molecule has 0 unspecified atom stereocenters. The molecule has 0 heterocycles. The van der Waals surface area contributed by atoms with Crippen LogP contribution in [-0.4, -0.2) is 5.92 Å². The Morgan fingerprint density at radius 1 is 1.17 bits per heavy atom. The first-order chi connectivity index (χ1) is 8.47. The molecule has 0 amide bonds. The zero-order valence-corrected chi connectivity index (χ0v) is 12.6. The van der Waals surface area contributed by atoms with Gasteiger partial charge in [0.05, 0.1) is 5.41 Å². The minimum Gasteiger partial charge on any atom is -0.205 e. The summed E-state index contributed by atoms with van der Waals surface area (Å²) in [6, 6.07) is 7.65. The lowest BCUT2D eigenvalue weighted by Crippen LogP contribution is -2.81. The van der Waals surface area contributed by atoms with Gasteiger partial charge in [0.25, 0.3) is 5.92 Å². The molecule has 3 aliphatic rings. The van der Waals surface area contributed by atoms with Gasteiger partial charge in [0.15, 0.2) is 0 Å². The monoisotopic (exact) mass is 362 g/mol. The summed E-state index contributed by atoms with van der Waals surface area (Å²) in [6.07, 6.45) is 4.01. The second-order valence-corrected chi connectivity index (χ2v) is 7.15. The van der Waals surface area contributed by atoms with E-state index in [1.54, 1.807) is 0 Å². The average molecular weight is 362 g/mol. The second-order valence-electron chi connectivity index (χ2n) is 5.90. The molecule has 4 rings (SSSR count). The highest BCUT2D eigenvalue weighted by Gasteiger charge is 2.87. The number of benzene rings is 1. The first kappa shape index (κ1) is 12.8. The number of alkyl halides is 2. The number of hydrogen-bond donors (Lipinski definition) is 0. The quantitative estimate of drug-likeness (QED) is 0.650. The molecule has 98 valence electrons. The fourth-order valence-corrected chi connectivity index (χ4v) is 4.20. The van der Waals surface area contributed by atoms with E-state index in [2.05, 4.69) is 29.5 Å². The van der Waals surface area contributed by atoms with Gasteiger partial charge in [0.1, 0.15) is 0 Å². The molecule has 0 spiro atoms. The van der Waals surface area contributed by atoms with Crippen LogP contribution in [0.3, 0.4) is 0 Å². The van der Waals surface area contributed by atoms with E-state index in [0.29, 0.717) is 19.3 Å². The molecule has 0 aliphatic heterocycles. The maximum absolute atomic E-state index is 14.4. The summed E-state index contributed by atoms with van der Waals surface area (Å²) in [7, 11) is 0. The lowest BCUT2D eigenvalue weighted by atomic mass is 9.29. The lowest BCUT2D eigenvalue weighted by Gasteiger charge is -2.76. The molecule has 0 nitrogen and oxygen atoms in total. The van der Waals surface area contributed by atoms with Gasteiger partial charge in [-0.2, -0.15) is 0 Å². The third-order valence-corrected chi connectivity index (χ3v) is 5.67. The van der Waals surface area contributed by atoms with Gasteiger partial charge < -0.3 is 0 Å². The molecule has 0 radical (unpaired) electrons. The van der Waals surface area contributed by atoms with Crippen LogP contribution >= 0.6 is 22.6 Å². The highest BCUT2D eigenvalue weighted by molar-refractivity contribution is 14.1. The smallest absolute Gasteiger partial charge is 0.205 e. The van der Waals surface area contributed by atoms with Crippen molar-refractivity contribution in [2.75, 3.05) is 0 Å².